The predicted octanol–water partition coefficient (Wildman–Crippen LogP) is 5.31. The van der Waals surface area contributed by atoms with E-state index in [1.54, 1.807) is 45.2 Å². The maximum atomic E-state index is 10.7. The van der Waals surface area contributed by atoms with Crippen LogP contribution in [0.3, 0.4) is 0 Å². The van der Waals surface area contributed by atoms with Crippen molar-refractivity contribution >= 4 is 0 Å². The van der Waals surface area contributed by atoms with Gasteiger partial charge in [0.25, 0.3) is 0 Å². The molecule has 0 amide bonds. The van der Waals surface area contributed by atoms with Crippen LogP contribution in [-0.2, 0) is 0 Å². The lowest BCUT2D eigenvalue weighted by atomic mass is 10.1. The Morgan fingerprint density at radius 2 is 1.11 bits per heavy atom. The van der Waals surface area contributed by atoms with Crippen molar-refractivity contribution in [3.8, 4) is 81.2 Å². The number of phenols is 1. The Morgan fingerprint density at radius 3 is 1.63 bits per heavy atom. The first-order chi connectivity index (χ1) is 17.1. The summed E-state index contributed by atoms with van der Waals surface area (Å²) in [7, 11) is 1.61. The van der Waals surface area contributed by atoms with Crippen molar-refractivity contribution in [2.75, 3.05) is 7.11 Å². The van der Waals surface area contributed by atoms with Crippen molar-refractivity contribution in [2.45, 2.75) is 13.8 Å². The minimum atomic E-state index is -0.0416. The van der Waals surface area contributed by atoms with Crippen LogP contribution < -0.4 is 14.2 Å². The summed E-state index contributed by atoms with van der Waals surface area (Å²) in [5.41, 5.74) is 1.95. The molecule has 1 N–H and O–H groups in total. The van der Waals surface area contributed by atoms with Crippen LogP contribution in [-0.4, -0.2) is 27.2 Å². The van der Waals surface area contributed by atoms with Gasteiger partial charge in [-0.05, 0) is 60.7 Å². The molecule has 7 nitrogen and oxygen atoms in total. The van der Waals surface area contributed by atoms with Crippen molar-refractivity contribution < 1.29 is 19.3 Å². The number of ether oxygens (including phenoxy) is 3. The maximum absolute atomic E-state index is 10.7. The fraction of sp³-hybridized carbons (Fsp3) is 0.107. The molecule has 7 heteroatoms. The van der Waals surface area contributed by atoms with Gasteiger partial charge in [0.05, 0.1) is 12.7 Å². The monoisotopic (exact) mass is 463 g/mol. The summed E-state index contributed by atoms with van der Waals surface area (Å²) in [5.74, 6) is 8.22. The normalized spacial score (nSPS) is 9.80. The second-order valence-electron chi connectivity index (χ2n) is 7.15. The third-order valence-electron chi connectivity index (χ3n) is 4.85. The number of aromatic nitrogens is 3. The second-order valence-corrected chi connectivity index (χ2v) is 7.15. The van der Waals surface area contributed by atoms with Gasteiger partial charge in [0.15, 0.2) is 17.5 Å². The molecule has 1 heterocycles. The number of hydrogen-bond acceptors (Lipinski definition) is 7. The molecule has 172 valence electrons. The number of phenolic OH excluding ortho intramolecular Hbond substituents is 1. The van der Waals surface area contributed by atoms with Crippen LogP contribution in [0.1, 0.15) is 13.8 Å². The molecule has 0 saturated heterocycles. The van der Waals surface area contributed by atoms with Crippen LogP contribution in [0.5, 0.6) is 23.0 Å². The Kier molecular flexibility index (Phi) is 7.11. The van der Waals surface area contributed by atoms with Crippen LogP contribution in [0.4, 0.5) is 0 Å². The lowest BCUT2D eigenvalue weighted by Crippen LogP contribution is -2.00. The highest BCUT2D eigenvalue weighted by Gasteiger charge is 2.15. The van der Waals surface area contributed by atoms with Crippen molar-refractivity contribution in [1.29, 1.82) is 0 Å². The third kappa shape index (κ3) is 5.50. The van der Waals surface area contributed by atoms with E-state index in [4.69, 9.17) is 14.2 Å². The summed E-state index contributed by atoms with van der Waals surface area (Å²) < 4.78 is 15.9. The molecule has 0 aliphatic carbocycles. The van der Waals surface area contributed by atoms with Gasteiger partial charge in [0, 0.05) is 31.0 Å². The first-order valence-corrected chi connectivity index (χ1v) is 10.6. The lowest BCUT2D eigenvalue weighted by molar-refractivity contribution is 0.415. The van der Waals surface area contributed by atoms with Crippen molar-refractivity contribution in [1.82, 2.24) is 15.0 Å². The van der Waals surface area contributed by atoms with Crippen molar-refractivity contribution in [3.63, 3.8) is 0 Å². The number of hydrogen-bond donors (Lipinski definition) is 1. The molecular formula is C28H21N3O4. The van der Waals surface area contributed by atoms with Gasteiger partial charge in [-0.15, -0.1) is 0 Å². The summed E-state index contributed by atoms with van der Waals surface area (Å²) in [4.78, 5) is 13.9. The van der Waals surface area contributed by atoms with E-state index >= 15 is 0 Å². The van der Waals surface area contributed by atoms with E-state index in [9.17, 15) is 5.11 Å². The smallest absolute Gasteiger partial charge is 0.167 e. The molecule has 0 spiro atoms. The van der Waals surface area contributed by atoms with E-state index in [-0.39, 0.29) is 5.75 Å². The number of nitrogens with zero attached hydrogens (tertiary/aromatic N) is 3. The Bertz CT molecular complexity index is 1460. The van der Waals surface area contributed by atoms with Gasteiger partial charge in [-0.2, -0.15) is 0 Å². The Hall–Kier alpha value is -5.01. The minimum absolute atomic E-state index is 0.0416. The van der Waals surface area contributed by atoms with E-state index in [1.807, 2.05) is 36.4 Å². The molecule has 0 fully saturated rings. The van der Waals surface area contributed by atoms with Gasteiger partial charge in [-0.3, -0.25) is 0 Å². The first kappa shape index (κ1) is 23.2. The Morgan fingerprint density at radius 1 is 0.629 bits per heavy atom. The molecule has 0 radical (unpaired) electrons. The Balaban J connectivity index is 1.81. The zero-order valence-electron chi connectivity index (χ0n) is 19.4. The quantitative estimate of drug-likeness (QED) is 0.388. The van der Waals surface area contributed by atoms with Crippen LogP contribution in [0.25, 0.3) is 34.2 Å². The average Bonchev–Trinajstić information content (AvgIpc) is 2.91. The van der Waals surface area contributed by atoms with Crippen LogP contribution in [0.2, 0.25) is 0 Å². The SMILES string of the molecule is CC#COc1ccc(-c2nc(-c3ccc(OC)cc3)nc(-c3ccc(OC#CC)cc3O)n2)cc1. The van der Waals surface area contributed by atoms with Gasteiger partial charge in [0.2, 0.25) is 0 Å². The zero-order valence-corrected chi connectivity index (χ0v) is 19.4. The predicted molar refractivity (Wildman–Crippen MR) is 133 cm³/mol. The van der Waals surface area contributed by atoms with Crippen molar-refractivity contribution in [3.05, 3.63) is 66.7 Å². The molecular weight excluding hydrogens is 442 g/mol. The summed E-state index contributed by atoms with van der Waals surface area (Å²) in [6.45, 7) is 3.36. The van der Waals surface area contributed by atoms with E-state index < -0.39 is 0 Å². The molecule has 0 bridgehead atoms. The minimum Gasteiger partial charge on any atom is -0.507 e. The standard InChI is InChI=1S/C28H21N3O4/c1-4-16-34-22-12-8-20(9-13-22)27-29-26(19-6-10-21(33-3)11-7-19)30-28(31-27)24-15-14-23(18-25(24)32)35-17-5-2/h6-15,18,32H,1-3H3. The third-order valence-corrected chi connectivity index (χ3v) is 4.85. The van der Waals surface area contributed by atoms with Crippen LogP contribution in [0, 0.1) is 24.1 Å². The fourth-order valence-corrected chi connectivity index (χ4v) is 3.15. The highest BCUT2D eigenvalue weighted by Crippen LogP contribution is 2.33. The lowest BCUT2D eigenvalue weighted by Gasteiger charge is -2.10. The summed E-state index contributed by atoms with van der Waals surface area (Å²) in [6, 6.07) is 19.5. The van der Waals surface area contributed by atoms with Gasteiger partial charge in [-0.25, -0.2) is 15.0 Å². The molecule has 4 aromatic rings. The number of aromatic hydroxyl groups is 1. The van der Waals surface area contributed by atoms with Gasteiger partial charge in [-0.1, -0.05) is 11.8 Å². The van der Waals surface area contributed by atoms with Crippen molar-refractivity contribution in [2.24, 2.45) is 0 Å². The second kappa shape index (κ2) is 10.7. The summed E-state index contributed by atoms with van der Waals surface area (Å²) >= 11 is 0. The van der Waals surface area contributed by atoms with Crippen LogP contribution in [0.15, 0.2) is 66.7 Å². The summed E-state index contributed by atoms with van der Waals surface area (Å²) in [6.07, 6.45) is 5.08. The van der Waals surface area contributed by atoms with Crippen LogP contribution >= 0.6 is 0 Å². The van der Waals surface area contributed by atoms with Gasteiger partial charge in [0.1, 0.15) is 35.2 Å². The molecule has 3 aromatic carbocycles. The highest BCUT2D eigenvalue weighted by atomic mass is 16.5. The molecule has 0 unspecified atom stereocenters. The average molecular weight is 463 g/mol. The molecule has 35 heavy (non-hydrogen) atoms. The topological polar surface area (TPSA) is 86.6 Å². The van der Waals surface area contributed by atoms with E-state index in [0.29, 0.717) is 34.5 Å². The molecule has 0 aliphatic heterocycles. The molecule has 0 saturated carbocycles. The largest absolute Gasteiger partial charge is 0.507 e. The highest BCUT2D eigenvalue weighted by molar-refractivity contribution is 5.70. The summed E-state index contributed by atoms with van der Waals surface area (Å²) in [5, 5.41) is 10.7. The van der Waals surface area contributed by atoms with E-state index in [0.717, 1.165) is 16.9 Å². The molecule has 0 atom stereocenters. The van der Waals surface area contributed by atoms with E-state index in [2.05, 4.69) is 39.0 Å². The zero-order chi connectivity index (χ0) is 24.6. The van der Waals surface area contributed by atoms with Gasteiger partial charge < -0.3 is 19.3 Å². The first-order valence-electron chi connectivity index (χ1n) is 10.6. The molecule has 0 aliphatic rings. The number of benzene rings is 3. The number of rotatable bonds is 6. The Labute approximate surface area is 203 Å². The molecule has 1 aromatic heterocycles. The fourth-order valence-electron chi connectivity index (χ4n) is 3.15. The maximum Gasteiger partial charge on any atom is 0.167 e. The van der Waals surface area contributed by atoms with Gasteiger partial charge >= 0.3 is 0 Å². The number of methoxy groups -OCH3 is 1. The molecule has 4 rings (SSSR count). The van der Waals surface area contributed by atoms with E-state index in [1.165, 1.54) is 6.07 Å².